The summed E-state index contributed by atoms with van der Waals surface area (Å²) in [6.45, 7) is 2.84. The van der Waals surface area contributed by atoms with Crippen LogP contribution in [0.3, 0.4) is 0 Å². The van der Waals surface area contributed by atoms with E-state index >= 15 is 0 Å². The molecule has 118 valence electrons. The Morgan fingerprint density at radius 2 is 1.86 bits per heavy atom. The molecule has 1 N–H and O–H groups in total. The highest BCUT2D eigenvalue weighted by molar-refractivity contribution is 6.18. The molecule has 22 heavy (non-hydrogen) atoms. The Hall–Kier alpha value is -1.51. The summed E-state index contributed by atoms with van der Waals surface area (Å²) in [6.07, 6.45) is 2.08. The Morgan fingerprint density at radius 1 is 1.09 bits per heavy atom. The van der Waals surface area contributed by atoms with Gasteiger partial charge in [0, 0.05) is 12.3 Å². The van der Waals surface area contributed by atoms with Gasteiger partial charge in [-0.3, -0.25) is 0 Å². The molecular formula is C19H23ClO2. The molecule has 2 aromatic carbocycles. The molecule has 0 aromatic heterocycles. The van der Waals surface area contributed by atoms with Crippen LogP contribution in [-0.4, -0.2) is 23.7 Å². The van der Waals surface area contributed by atoms with Crippen LogP contribution >= 0.6 is 11.6 Å². The summed E-state index contributed by atoms with van der Waals surface area (Å²) in [6, 6.07) is 16.4. The number of ether oxygens (including phenoxy) is 1. The first-order chi connectivity index (χ1) is 10.7. The van der Waals surface area contributed by atoms with Gasteiger partial charge in [-0.2, -0.15) is 0 Å². The van der Waals surface area contributed by atoms with Gasteiger partial charge in [-0.05, 0) is 35.2 Å². The lowest BCUT2D eigenvalue weighted by Gasteiger charge is -2.15. The number of hydrogen-bond donors (Lipinski definition) is 1. The zero-order valence-corrected chi connectivity index (χ0v) is 13.7. The lowest BCUT2D eigenvalue weighted by Crippen LogP contribution is -2.13. The van der Waals surface area contributed by atoms with Crippen molar-refractivity contribution in [2.24, 2.45) is 0 Å². The van der Waals surface area contributed by atoms with Crippen LogP contribution in [0.4, 0.5) is 0 Å². The van der Waals surface area contributed by atoms with E-state index < -0.39 is 6.10 Å². The normalized spacial score (nSPS) is 12.1. The monoisotopic (exact) mass is 318 g/mol. The molecule has 0 heterocycles. The summed E-state index contributed by atoms with van der Waals surface area (Å²) in [5, 5.41) is 9.88. The van der Waals surface area contributed by atoms with Gasteiger partial charge in [-0.15, -0.1) is 11.6 Å². The fourth-order valence-electron chi connectivity index (χ4n) is 2.32. The van der Waals surface area contributed by atoms with Gasteiger partial charge in [-0.1, -0.05) is 49.7 Å². The van der Waals surface area contributed by atoms with Crippen molar-refractivity contribution in [1.29, 1.82) is 0 Å². The first-order valence-corrected chi connectivity index (χ1v) is 8.33. The van der Waals surface area contributed by atoms with Crippen LogP contribution in [-0.2, 0) is 6.42 Å². The smallest absolute Gasteiger partial charge is 0.122 e. The molecule has 0 bridgehead atoms. The SMILES string of the molecule is CCCCOc1ccc(-c2ccccc2)cc1C[C@H](O)CCl. The average molecular weight is 319 g/mol. The van der Waals surface area contributed by atoms with Crippen molar-refractivity contribution >= 4 is 11.6 Å². The van der Waals surface area contributed by atoms with Gasteiger partial charge in [-0.25, -0.2) is 0 Å². The van der Waals surface area contributed by atoms with Crippen LogP contribution in [0.25, 0.3) is 11.1 Å². The fourth-order valence-corrected chi connectivity index (χ4v) is 2.43. The van der Waals surface area contributed by atoms with Crippen molar-refractivity contribution in [3.63, 3.8) is 0 Å². The van der Waals surface area contributed by atoms with E-state index in [4.69, 9.17) is 16.3 Å². The third kappa shape index (κ3) is 4.75. The second kappa shape index (κ2) is 8.82. The Bertz CT molecular complexity index is 569. The predicted molar refractivity (Wildman–Crippen MR) is 92.7 cm³/mol. The zero-order chi connectivity index (χ0) is 15.8. The van der Waals surface area contributed by atoms with Gasteiger partial charge in [0.15, 0.2) is 0 Å². The summed E-state index contributed by atoms with van der Waals surface area (Å²) < 4.78 is 5.86. The molecule has 1 atom stereocenters. The first-order valence-electron chi connectivity index (χ1n) is 7.79. The highest BCUT2D eigenvalue weighted by Crippen LogP contribution is 2.28. The van der Waals surface area contributed by atoms with Gasteiger partial charge in [0.25, 0.3) is 0 Å². The van der Waals surface area contributed by atoms with E-state index in [1.165, 1.54) is 0 Å². The summed E-state index contributed by atoms with van der Waals surface area (Å²) in [7, 11) is 0. The van der Waals surface area contributed by atoms with E-state index in [2.05, 4.69) is 31.2 Å². The van der Waals surface area contributed by atoms with Crippen molar-refractivity contribution in [3.8, 4) is 16.9 Å². The maximum atomic E-state index is 9.88. The van der Waals surface area contributed by atoms with Crippen LogP contribution in [0.15, 0.2) is 48.5 Å². The molecule has 2 nitrogen and oxygen atoms in total. The van der Waals surface area contributed by atoms with E-state index in [1.54, 1.807) is 0 Å². The number of aliphatic hydroxyl groups is 1. The van der Waals surface area contributed by atoms with Crippen LogP contribution in [0, 0.1) is 0 Å². The predicted octanol–water partition coefficient (Wildman–Crippen LogP) is 4.67. The minimum absolute atomic E-state index is 0.226. The van der Waals surface area contributed by atoms with E-state index in [0.717, 1.165) is 35.3 Å². The molecule has 2 aromatic rings. The van der Waals surface area contributed by atoms with Crippen LogP contribution in [0.5, 0.6) is 5.75 Å². The van der Waals surface area contributed by atoms with Crippen molar-refractivity contribution in [2.75, 3.05) is 12.5 Å². The number of benzene rings is 2. The topological polar surface area (TPSA) is 29.5 Å². The largest absolute Gasteiger partial charge is 0.493 e. The lowest BCUT2D eigenvalue weighted by atomic mass is 9.99. The number of rotatable bonds is 8. The summed E-state index contributed by atoms with van der Waals surface area (Å²) >= 11 is 5.75. The van der Waals surface area contributed by atoms with Crippen molar-refractivity contribution < 1.29 is 9.84 Å². The Morgan fingerprint density at radius 3 is 2.55 bits per heavy atom. The van der Waals surface area contributed by atoms with Gasteiger partial charge >= 0.3 is 0 Å². The number of halogens is 1. The van der Waals surface area contributed by atoms with E-state index in [-0.39, 0.29) is 5.88 Å². The summed E-state index contributed by atoms with van der Waals surface area (Å²) in [5.74, 6) is 1.07. The molecule has 0 radical (unpaired) electrons. The Kier molecular flexibility index (Phi) is 6.75. The summed E-state index contributed by atoms with van der Waals surface area (Å²) in [5.41, 5.74) is 3.29. The molecule has 0 saturated carbocycles. The van der Waals surface area contributed by atoms with Gasteiger partial charge in [0.2, 0.25) is 0 Å². The van der Waals surface area contributed by atoms with Crippen LogP contribution < -0.4 is 4.74 Å². The standard InChI is InChI=1S/C19H23ClO2/c1-2-3-11-22-19-10-9-16(15-7-5-4-6-8-15)12-17(19)13-18(21)14-20/h4-10,12,18,21H,2-3,11,13-14H2,1H3/t18-/m0/s1. The molecule has 0 fully saturated rings. The molecular weight excluding hydrogens is 296 g/mol. The number of unbranched alkanes of at least 4 members (excludes halogenated alkanes) is 1. The second-order valence-corrected chi connectivity index (χ2v) is 5.71. The molecule has 3 heteroatoms. The van der Waals surface area contributed by atoms with Crippen molar-refractivity contribution in [2.45, 2.75) is 32.3 Å². The first kappa shape index (κ1) is 16.9. The Labute approximate surface area is 137 Å². The van der Waals surface area contributed by atoms with Crippen LogP contribution in [0.2, 0.25) is 0 Å². The Balaban J connectivity index is 2.26. The maximum absolute atomic E-state index is 9.88. The van der Waals surface area contributed by atoms with E-state index in [1.807, 2.05) is 24.3 Å². The van der Waals surface area contributed by atoms with Gasteiger partial charge < -0.3 is 9.84 Å². The summed E-state index contributed by atoms with van der Waals surface area (Å²) in [4.78, 5) is 0. The molecule has 0 aliphatic heterocycles. The minimum atomic E-state index is -0.554. The highest BCUT2D eigenvalue weighted by Gasteiger charge is 2.11. The van der Waals surface area contributed by atoms with Gasteiger partial charge in [0.1, 0.15) is 5.75 Å². The molecule has 0 aliphatic rings. The van der Waals surface area contributed by atoms with Crippen molar-refractivity contribution in [3.05, 3.63) is 54.1 Å². The van der Waals surface area contributed by atoms with E-state index in [9.17, 15) is 5.11 Å². The zero-order valence-electron chi connectivity index (χ0n) is 13.0. The van der Waals surface area contributed by atoms with E-state index in [0.29, 0.717) is 13.0 Å². The minimum Gasteiger partial charge on any atom is -0.493 e. The molecule has 0 amide bonds. The third-order valence-corrected chi connectivity index (χ3v) is 3.91. The molecule has 0 saturated heterocycles. The highest BCUT2D eigenvalue weighted by atomic mass is 35.5. The molecule has 2 rings (SSSR count). The number of alkyl halides is 1. The number of aliphatic hydroxyl groups excluding tert-OH is 1. The number of hydrogen-bond acceptors (Lipinski definition) is 2. The third-order valence-electron chi connectivity index (χ3n) is 3.56. The molecule has 0 unspecified atom stereocenters. The lowest BCUT2D eigenvalue weighted by molar-refractivity contribution is 0.196. The maximum Gasteiger partial charge on any atom is 0.122 e. The average Bonchev–Trinajstić information content (AvgIpc) is 2.57. The second-order valence-electron chi connectivity index (χ2n) is 5.40. The van der Waals surface area contributed by atoms with Crippen molar-refractivity contribution in [1.82, 2.24) is 0 Å². The fraction of sp³-hybridized carbons (Fsp3) is 0.368. The van der Waals surface area contributed by atoms with Gasteiger partial charge in [0.05, 0.1) is 12.7 Å². The quantitative estimate of drug-likeness (QED) is 0.566. The molecule has 0 aliphatic carbocycles. The molecule has 0 spiro atoms. The van der Waals surface area contributed by atoms with Crippen LogP contribution in [0.1, 0.15) is 25.3 Å².